The van der Waals surface area contributed by atoms with Crippen LogP contribution in [0.4, 0.5) is 11.4 Å². The number of nitrogens with one attached hydrogen (secondary N) is 2. The Morgan fingerprint density at radius 2 is 1.77 bits per heavy atom. The van der Waals surface area contributed by atoms with Crippen LogP contribution in [0, 0.1) is 13.8 Å². The lowest BCUT2D eigenvalue weighted by atomic mass is 10.0. The SMILES string of the molecule is COc1ccc(NC(C)=O)cc1NC(=O)c1cc(C)c(OCc2cccnc2)c(C)c1. The van der Waals surface area contributed by atoms with Gasteiger partial charge in [-0.05, 0) is 61.4 Å². The van der Waals surface area contributed by atoms with E-state index in [0.29, 0.717) is 29.3 Å². The van der Waals surface area contributed by atoms with Crippen LogP contribution in [0.1, 0.15) is 34.0 Å². The third kappa shape index (κ3) is 5.60. The topological polar surface area (TPSA) is 89.6 Å². The number of anilines is 2. The first-order valence-corrected chi connectivity index (χ1v) is 9.77. The summed E-state index contributed by atoms with van der Waals surface area (Å²) in [4.78, 5) is 28.3. The molecule has 0 bridgehead atoms. The number of pyridine rings is 1. The highest BCUT2D eigenvalue weighted by molar-refractivity contribution is 6.06. The number of rotatable bonds is 7. The van der Waals surface area contributed by atoms with Crippen LogP contribution in [-0.4, -0.2) is 23.9 Å². The lowest BCUT2D eigenvalue weighted by Gasteiger charge is -2.15. The third-order valence-corrected chi connectivity index (χ3v) is 4.60. The van der Waals surface area contributed by atoms with E-state index < -0.39 is 0 Å². The molecule has 2 aromatic carbocycles. The van der Waals surface area contributed by atoms with Gasteiger partial charge < -0.3 is 20.1 Å². The Kier molecular flexibility index (Phi) is 6.87. The Hall–Kier alpha value is -3.87. The predicted octanol–water partition coefficient (Wildman–Crippen LogP) is 4.50. The smallest absolute Gasteiger partial charge is 0.255 e. The molecule has 160 valence electrons. The molecule has 0 aliphatic rings. The largest absolute Gasteiger partial charge is 0.495 e. The first kappa shape index (κ1) is 21.8. The maximum absolute atomic E-state index is 12.9. The second-order valence-corrected chi connectivity index (χ2v) is 7.14. The van der Waals surface area contributed by atoms with E-state index in [1.165, 1.54) is 14.0 Å². The Balaban J connectivity index is 1.78. The highest BCUT2D eigenvalue weighted by atomic mass is 16.5. The van der Waals surface area contributed by atoms with Crippen molar-refractivity contribution >= 4 is 23.2 Å². The summed E-state index contributed by atoms with van der Waals surface area (Å²) in [5, 5.41) is 5.55. The molecule has 0 atom stereocenters. The van der Waals surface area contributed by atoms with E-state index >= 15 is 0 Å². The van der Waals surface area contributed by atoms with Gasteiger partial charge in [-0.2, -0.15) is 0 Å². The van der Waals surface area contributed by atoms with Crippen molar-refractivity contribution in [2.24, 2.45) is 0 Å². The zero-order valence-electron chi connectivity index (χ0n) is 18.0. The maximum Gasteiger partial charge on any atom is 0.255 e. The van der Waals surface area contributed by atoms with Crippen LogP contribution in [0.25, 0.3) is 0 Å². The third-order valence-electron chi connectivity index (χ3n) is 4.60. The van der Waals surface area contributed by atoms with E-state index in [2.05, 4.69) is 15.6 Å². The highest BCUT2D eigenvalue weighted by Crippen LogP contribution is 2.30. The van der Waals surface area contributed by atoms with E-state index in [1.54, 1.807) is 42.7 Å². The molecule has 1 heterocycles. The Bertz CT molecular complexity index is 1070. The monoisotopic (exact) mass is 419 g/mol. The molecule has 0 radical (unpaired) electrons. The van der Waals surface area contributed by atoms with Gasteiger partial charge in [0.2, 0.25) is 5.91 Å². The summed E-state index contributed by atoms with van der Waals surface area (Å²) in [5.41, 5.74) is 4.20. The highest BCUT2D eigenvalue weighted by Gasteiger charge is 2.15. The summed E-state index contributed by atoms with van der Waals surface area (Å²) >= 11 is 0. The number of carbonyl (C=O) groups excluding carboxylic acids is 2. The fourth-order valence-corrected chi connectivity index (χ4v) is 3.23. The second-order valence-electron chi connectivity index (χ2n) is 7.14. The molecule has 2 N–H and O–H groups in total. The molecule has 0 saturated carbocycles. The molecular weight excluding hydrogens is 394 g/mol. The number of benzene rings is 2. The molecule has 0 unspecified atom stereocenters. The van der Waals surface area contributed by atoms with E-state index in [1.807, 2.05) is 26.0 Å². The quantitative estimate of drug-likeness (QED) is 0.589. The zero-order chi connectivity index (χ0) is 22.4. The molecule has 31 heavy (non-hydrogen) atoms. The van der Waals surface area contributed by atoms with Crippen molar-refractivity contribution in [1.29, 1.82) is 0 Å². The number of carbonyl (C=O) groups is 2. The molecular formula is C24H25N3O4. The van der Waals surface area contributed by atoms with E-state index in [4.69, 9.17) is 9.47 Å². The van der Waals surface area contributed by atoms with E-state index in [-0.39, 0.29) is 11.8 Å². The number of nitrogens with zero attached hydrogens (tertiary/aromatic N) is 1. The average molecular weight is 419 g/mol. The number of amides is 2. The second kappa shape index (κ2) is 9.75. The fraction of sp³-hybridized carbons (Fsp3) is 0.208. The average Bonchev–Trinajstić information content (AvgIpc) is 2.73. The molecule has 0 saturated heterocycles. The van der Waals surface area contributed by atoms with Crippen molar-refractivity contribution in [3.05, 3.63) is 77.1 Å². The van der Waals surface area contributed by atoms with Crippen molar-refractivity contribution in [2.45, 2.75) is 27.4 Å². The molecule has 7 heteroatoms. The van der Waals surface area contributed by atoms with Gasteiger partial charge in [0.1, 0.15) is 18.1 Å². The Morgan fingerprint density at radius 3 is 2.39 bits per heavy atom. The fourth-order valence-electron chi connectivity index (χ4n) is 3.23. The van der Waals surface area contributed by atoms with Crippen LogP contribution < -0.4 is 20.1 Å². The number of hydrogen-bond acceptors (Lipinski definition) is 5. The molecule has 3 rings (SSSR count). The van der Waals surface area contributed by atoms with Gasteiger partial charge in [-0.15, -0.1) is 0 Å². The molecule has 0 aliphatic heterocycles. The number of hydrogen-bond donors (Lipinski definition) is 2. The van der Waals surface area contributed by atoms with Gasteiger partial charge in [0.25, 0.3) is 5.91 Å². The Morgan fingerprint density at radius 1 is 1.03 bits per heavy atom. The summed E-state index contributed by atoms with van der Waals surface area (Å²) in [6, 6.07) is 12.4. The summed E-state index contributed by atoms with van der Waals surface area (Å²) in [6.07, 6.45) is 3.48. The first-order valence-electron chi connectivity index (χ1n) is 9.77. The molecule has 3 aromatic rings. The van der Waals surface area contributed by atoms with E-state index in [0.717, 1.165) is 22.4 Å². The van der Waals surface area contributed by atoms with Gasteiger partial charge in [-0.3, -0.25) is 14.6 Å². The normalized spacial score (nSPS) is 10.3. The van der Waals surface area contributed by atoms with Gasteiger partial charge in [-0.25, -0.2) is 0 Å². The Labute approximate surface area is 181 Å². The zero-order valence-corrected chi connectivity index (χ0v) is 18.0. The van der Waals surface area contributed by atoms with Crippen LogP contribution in [0.3, 0.4) is 0 Å². The van der Waals surface area contributed by atoms with Crippen molar-refractivity contribution in [3.8, 4) is 11.5 Å². The lowest BCUT2D eigenvalue weighted by Crippen LogP contribution is -2.14. The minimum absolute atomic E-state index is 0.199. The summed E-state index contributed by atoms with van der Waals surface area (Å²) in [6.45, 7) is 5.63. The van der Waals surface area contributed by atoms with Gasteiger partial charge >= 0.3 is 0 Å². The predicted molar refractivity (Wildman–Crippen MR) is 120 cm³/mol. The van der Waals surface area contributed by atoms with Crippen LogP contribution >= 0.6 is 0 Å². The minimum atomic E-state index is -0.289. The van der Waals surface area contributed by atoms with Gasteiger partial charge in [0.15, 0.2) is 0 Å². The number of methoxy groups -OCH3 is 1. The van der Waals surface area contributed by atoms with Crippen LogP contribution in [0.15, 0.2) is 54.9 Å². The van der Waals surface area contributed by atoms with Crippen molar-refractivity contribution in [3.63, 3.8) is 0 Å². The molecule has 0 spiro atoms. The van der Waals surface area contributed by atoms with Gasteiger partial charge in [0.05, 0.1) is 12.8 Å². The standard InChI is InChI=1S/C24H25N3O4/c1-15-10-19(11-16(2)23(15)31-14-18-6-5-9-25-13-18)24(29)27-21-12-20(26-17(3)28)7-8-22(21)30-4/h5-13H,14H2,1-4H3,(H,26,28)(H,27,29). The lowest BCUT2D eigenvalue weighted by molar-refractivity contribution is -0.114. The van der Waals surface area contributed by atoms with Crippen LogP contribution in [0.5, 0.6) is 11.5 Å². The summed E-state index contributed by atoms with van der Waals surface area (Å²) in [5.74, 6) is 0.747. The summed E-state index contributed by atoms with van der Waals surface area (Å²) < 4.78 is 11.3. The maximum atomic E-state index is 12.9. The first-order chi connectivity index (χ1) is 14.9. The molecule has 1 aromatic heterocycles. The van der Waals surface area contributed by atoms with Crippen molar-refractivity contribution < 1.29 is 19.1 Å². The van der Waals surface area contributed by atoms with Crippen molar-refractivity contribution in [2.75, 3.05) is 17.7 Å². The number of ether oxygens (including phenoxy) is 2. The molecule has 0 fully saturated rings. The molecule has 0 aliphatic carbocycles. The minimum Gasteiger partial charge on any atom is -0.495 e. The molecule has 7 nitrogen and oxygen atoms in total. The van der Waals surface area contributed by atoms with E-state index in [9.17, 15) is 9.59 Å². The summed E-state index contributed by atoms with van der Waals surface area (Å²) in [7, 11) is 1.52. The molecule has 2 amide bonds. The number of aryl methyl sites for hydroxylation is 2. The van der Waals surface area contributed by atoms with Crippen molar-refractivity contribution in [1.82, 2.24) is 4.98 Å². The van der Waals surface area contributed by atoms with Gasteiger partial charge in [-0.1, -0.05) is 6.07 Å². The number of aromatic nitrogens is 1. The van der Waals surface area contributed by atoms with Crippen LogP contribution in [-0.2, 0) is 11.4 Å². The van der Waals surface area contributed by atoms with Gasteiger partial charge in [0, 0.05) is 36.1 Å². The van der Waals surface area contributed by atoms with Crippen LogP contribution in [0.2, 0.25) is 0 Å².